The summed E-state index contributed by atoms with van der Waals surface area (Å²) in [7, 11) is 0. The van der Waals surface area contributed by atoms with Crippen LogP contribution in [0.1, 0.15) is 49.7 Å². The molecule has 1 N–H and O–H groups in total. The van der Waals surface area contributed by atoms with Gasteiger partial charge in [0, 0.05) is 29.7 Å². The first kappa shape index (κ1) is 21.3. The summed E-state index contributed by atoms with van der Waals surface area (Å²) >= 11 is 0. The van der Waals surface area contributed by atoms with Crippen LogP contribution in [0, 0.1) is 5.92 Å². The van der Waals surface area contributed by atoms with Crippen molar-refractivity contribution in [3.8, 4) is 0 Å². The number of fused-ring (bicyclic) bond motifs is 1. The Kier molecular flexibility index (Phi) is 6.92. The fourth-order valence-corrected chi connectivity index (χ4v) is 3.61. The smallest absolute Gasteiger partial charge is 0.391 e. The van der Waals surface area contributed by atoms with Gasteiger partial charge in [0.15, 0.2) is 0 Å². The number of halogens is 3. The van der Waals surface area contributed by atoms with Crippen molar-refractivity contribution in [1.82, 2.24) is 9.47 Å². The largest absolute Gasteiger partial charge is 0.478 e. The van der Waals surface area contributed by atoms with Gasteiger partial charge in [-0.2, -0.15) is 13.2 Å². The van der Waals surface area contributed by atoms with Crippen molar-refractivity contribution in [2.75, 3.05) is 13.1 Å². The highest BCUT2D eigenvalue weighted by Gasteiger charge is 2.41. The van der Waals surface area contributed by atoms with Gasteiger partial charge < -0.3 is 9.67 Å². The molecule has 27 heavy (non-hydrogen) atoms. The Labute approximate surface area is 157 Å². The number of hydrogen-bond acceptors (Lipinski definition) is 2. The zero-order valence-corrected chi connectivity index (χ0v) is 16.0. The molecule has 0 spiro atoms. The number of rotatable bonds is 4. The Bertz CT molecular complexity index is 775. The van der Waals surface area contributed by atoms with Crippen molar-refractivity contribution < 1.29 is 23.1 Å². The minimum absolute atomic E-state index is 0.138. The van der Waals surface area contributed by atoms with E-state index < -0.39 is 18.1 Å². The minimum atomic E-state index is -4.10. The third kappa shape index (κ3) is 4.83. The van der Waals surface area contributed by atoms with Crippen molar-refractivity contribution in [3.05, 3.63) is 35.5 Å². The minimum Gasteiger partial charge on any atom is -0.478 e. The van der Waals surface area contributed by atoms with E-state index in [2.05, 4.69) is 4.57 Å². The Balaban J connectivity index is 0.00000126. The maximum absolute atomic E-state index is 12.8. The van der Waals surface area contributed by atoms with Crippen LogP contribution in [-0.4, -0.2) is 39.8 Å². The first-order valence-corrected chi connectivity index (χ1v) is 9.44. The van der Waals surface area contributed by atoms with E-state index >= 15 is 0 Å². The highest BCUT2D eigenvalue weighted by molar-refractivity contribution is 5.94. The zero-order chi connectivity index (χ0) is 20.2. The van der Waals surface area contributed by atoms with Crippen molar-refractivity contribution >= 4 is 16.9 Å². The number of aromatic carboxylic acids is 1. The van der Waals surface area contributed by atoms with E-state index in [-0.39, 0.29) is 18.4 Å². The molecular formula is C20H27F3N2O2. The number of nitrogens with zero attached hydrogens (tertiary/aromatic N) is 2. The predicted molar refractivity (Wildman–Crippen MR) is 100.0 cm³/mol. The summed E-state index contributed by atoms with van der Waals surface area (Å²) < 4.78 is 40.5. The molecule has 150 valence electrons. The number of alkyl halides is 3. The summed E-state index contributed by atoms with van der Waals surface area (Å²) in [6.07, 6.45) is -3.82. The van der Waals surface area contributed by atoms with Crippen molar-refractivity contribution in [1.29, 1.82) is 0 Å². The number of hydrogen-bond donors (Lipinski definition) is 1. The predicted octanol–water partition coefficient (Wildman–Crippen LogP) is 5.16. The van der Waals surface area contributed by atoms with Gasteiger partial charge in [-0.25, -0.2) is 4.79 Å². The molecule has 0 aliphatic carbocycles. The van der Waals surface area contributed by atoms with E-state index in [1.165, 1.54) is 0 Å². The van der Waals surface area contributed by atoms with Gasteiger partial charge in [-0.15, -0.1) is 0 Å². The second kappa shape index (κ2) is 8.78. The van der Waals surface area contributed by atoms with Gasteiger partial charge in [-0.1, -0.05) is 13.8 Å². The maximum Gasteiger partial charge on any atom is 0.391 e. The lowest BCUT2D eigenvalue weighted by molar-refractivity contribution is -0.185. The number of carbonyl (C=O) groups is 1. The Morgan fingerprint density at radius 3 is 2.33 bits per heavy atom. The van der Waals surface area contributed by atoms with E-state index in [4.69, 9.17) is 5.11 Å². The molecule has 1 aromatic carbocycles. The molecule has 0 saturated carbocycles. The van der Waals surface area contributed by atoms with Gasteiger partial charge >= 0.3 is 12.1 Å². The summed E-state index contributed by atoms with van der Waals surface area (Å²) in [4.78, 5) is 13.2. The van der Waals surface area contributed by atoms with Crippen LogP contribution in [0.15, 0.2) is 24.3 Å². The van der Waals surface area contributed by atoms with Crippen LogP contribution >= 0.6 is 0 Å². The van der Waals surface area contributed by atoms with Crippen molar-refractivity contribution in [2.24, 2.45) is 5.92 Å². The zero-order valence-electron chi connectivity index (χ0n) is 16.0. The average molecular weight is 384 g/mol. The number of carboxylic acid groups (broad SMARTS) is 1. The molecule has 3 rings (SSSR count). The average Bonchev–Trinajstić information content (AvgIpc) is 2.99. The van der Waals surface area contributed by atoms with E-state index in [0.29, 0.717) is 19.6 Å². The van der Waals surface area contributed by atoms with E-state index in [1.54, 1.807) is 18.2 Å². The van der Waals surface area contributed by atoms with Gasteiger partial charge in [0.25, 0.3) is 0 Å². The molecule has 0 bridgehead atoms. The summed E-state index contributed by atoms with van der Waals surface area (Å²) in [5.74, 6) is -2.17. The van der Waals surface area contributed by atoms with Crippen LogP contribution in [0.25, 0.3) is 10.9 Å². The molecule has 1 aromatic heterocycles. The van der Waals surface area contributed by atoms with Gasteiger partial charge in [0.2, 0.25) is 0 Å². The van der Waals surface area contributed by atoms with Crippen molar-refractivity contribution in [2.45, 2.75) is 52.9 Å². The van der Waals surface area contributed by atoms with Crippen LogP contribution in [0.4, 0.5) is 13.2 Å². The molecule has 1 aliphatic heterocycles. The standard InChI is InChI=1S/C18H21F3N2O2.C2H6/c1-2-23-15(10-13-9-12(17(24)25)3-4-16(13)23)11-22-7-5-14(6-8-22)18(19,20)21;1-2/h3-4,9-10,14H,2,5-8,11H2,1H3,(H,24,25);1-2H3. The normalized spacial score (nSPS) is 16.2. The topological polar surface area (TPSA) is 45.5 Å². The molecule has 0 radical (unpaired) electrons. The lowest BCUT2D eigenvalue weighted by atomic mass is 9.96. The maximum atomic E-state index is 12.8. The third-order valence-corrected chi connectivity index (χ3v) is 4.99. The Morgan fingerprint density at radius 2 is 1.81 bits per heavy atom. The molecule has 0 atom stereocenters. The van der Waals surface area contributed by atoms with Gasteiger partial charge in [-0.05, 0) is 57.1 Å². The van der Waals surface area contributed by atoms with E-state index in [0.717, 1.165) is 23.1 Å². The fourth-order valence-electron chi connectivity index (χ4n) is 3.61. The highest BCUT2D eigenvalue weighted by Crippen LogP contribution is 2.34. The van der Waals surface area contributed by atoms with Crippen LogP contribution in [0.5, 0.6) is 0 Å². The first-order chi connectivity index (χ1) is 12.8. The molecule has 0 unspecified atom stereocenters. The molecule has 0 amide bonds. The second-order valence-electron chi connectivity index (χ2n) is 6.55. The van der Waals surface area contributed by atoms with Crippen LogP contribution in [-0.2, 0) is 13.1 Å². The Hall–Kier alpha value is -2.02. The molecule has 7 heteroatoms. The second-order valence-corrected chi connectivity index (χ2v) is 6.55. The van der Waals surface area contributed by atoms with Crippen LogP contribution in [0.2, 0.25) is 0 Å². The molecule has 1 aliphatic rings. The van der Waals surface area contributed by atoms with Gasteiger partial charge in [0.05, 0.1) is 11.5 Å². The lowest BCUT2D eigenvalue weighted by Gasteiger charge is -2.33. The molecule has 2 aromatic rings. The molecule has 4 nitrogen and oxygen atoms in total. The van der Waals surface area contributed by atoms with E-state index in [1.807, 2.05) is 31.7 Å². The van der Waals surface area contributed by atoms with Crippen LogP contribution in [0.3, 0.4) is 0 Å². The third-order valence-electron chi connectivity index (χ3n) is 4.99. The number of piperidine rings is 1. The Morgan fingerprint density at radius 1 is 1.19 bits per heavy atom. The summed E-state index contributed by atoms with van der Waals surface area (Å²) in [5.41, 5.74) is 2.19. The fraction of sp³-hybridized carbons (Fsp3) is 0.550. The molecule has 1 saturated heterocycles. The highest BCUT2D eigenvalue weighted by atomic mass is 19.4. The first-order valence-electron chi connectivity index (χ1n) is 9.44. The molecule has 1 fully saturated rings. The molecule has 2 heterocycles. The summed E-state index contributed by atoms with van der Waals surface area (Å²) in [5, 5.41) is 9.97. The van der Waals surface area contributed by atoms with Crippen LogP contribution < -0.4 is 0 Å². The number of likely N-dealkylation sites (tertiary alicyclic amines) is 1. The van der Waals surface area contributed by atoms with Gasteiger partial charge in [0.1, 0.15) is 0 Å². The monoisotopic (exact) mass is 384 g/mol. The van der Waals surface area contributed by atoms with E-state index in [9.17, 15) is 18.0 Å². The molecular weight excluding hydrogens is 357 g/mol. The quantitative estimate of drug-likeness (QED) is 0.792. The lowest BCUT2D eigenvalue weighted by Crippen LogP contribution is -2.38. The number of aromatic nitrogens is 1. The summed E-state index contributed by atoms with van der Waals surface area (Å²) in [6.45, 7) is 8.16. The number of carboxylic acids is 1. The summed E-state index contributed by atoms with van der Waals surface area (Å²) in [6, 6.07) is 6.96. The van der Waals surface area contributed by atoms with Crippen molar-refractivity contribution in [3.63, 3.8) is 0 Å². The van der Waals surface area contributed by atoms with Gasteiger partial charge in [-0.3, -0.25) is 4.90 Å². The number of aryl methyl sites for hydroxylation is 1. The number of benzene rings is 1. The SMILES string of the molecule is CC.CCn1c(CN2CCC(C(F)(F)F)CC2)cc2cc(C(=O)O)ccc21.